The molecule has 82 valence electrons. The van der Waals surface area contributed by atoms with Crippen LogP contribution in [0, 0.1) is 0 Å². The number of rotatable bonds is 4. The SMILES string of the molecule is COCC1(CC(=O)N(C)C)CCCN1. The molecule has 0 aromatic rings. The molecule has 1 saturated heterocycles. The predicted molar refractivity (Wildman–Crippen MR) is 55.2 cm³/mol. The molecule has 1 rings (SSSR count). The van der Waals surface area contributed by atoms with Crippen LogP contribution in [0.25, 0.3) is 0 Å². The Balaban J connectivity index is 2.55. The minimum absolute atomic E-state index is 0.115. The molecule has 1 heterocycles. The zero-order chi connectivity index (χ0) is 10.6. The molecule has 1 amide bonds. The second-order valence-electron chi connectivity index (χ2n) is 4.21. The van der Waals surface area contributed by atoms with Crippen molar-refractivity contribution >= 4 is 5.91 Å². The number of ether oxygens (including phenoxy) is 1. The fourth-order valence-electron chi connectivity index (χ4n) is 1.92. The summed E-state index contributed by atoms with van der Waals surface area (Å²) in [6.07, 6.45) is 2.69. The molecule has 0 aliphatic carbocycles. The fourth-order valence-corrected chi connectivity index (χ4v) is 1.92. The van der Waals surface area contributed by atoms with Crippen molar-refractivity contribution in [3.05, 3.63) is 0 Å². The summed E-state index contributed by atoms with van der Waals surface area (Å²) in [5.74, 6) is 0.163. The second kappa shape index (κ2) is 4.75. The molecule has 1 unspecified atom stereocenters. The first kappa shape index (κ1) is 11.5. The Kier molecular flexibility index (Phi) is 3.89. The molecule has 4 nitrogen and oxygen atoms in total. The maximum atomic E-state index is 11.6. The first-order chi connectivity index (χ1) is 6.59. The van der Waals surface area contributed by atoms with E-state index in [1.807, 2.05) is 0 Å². The summed E-state index contributed by atoms with van der Waals surface area (Å²) in [5, 5.41) is 3.38. The first-order valence-electron chi connectivity index (χ1n) is 5.04. The summed E-state index contributed by atoms with van der Waals surface area (Å²) in [4.78, 5) is 13.2. The van der Waals surface area contributed by atoms with E-state index in [1.165, 1.54) is 0 Å². The molecule has 1 aliphatic heterocycles. The Labute approximate surface area is 85.6 Å². The van der Waals surface area contributed by atoms with E-state index in [9.17, 15) is 4.79 Å². The predicted octanol–water partition coefficient (Wildman–Crippen LogP) is 0.233. The Bertz CT molecular complexity index is 198. The van der Waals surface area contributed by atoms with Gasteiger partial charge in [-0.2, -0.15) is 0 Å². The van der Waals surface area contributed by atoms with E-state index in [4.69, 9.17) is 4.74 Å². The van der Waals surface area contributed by atoms with Gasteiger partial charge in [0.15, 0.2) is 0 Å². The van der Waals surface area contributed by atoms with E-state index >= 15 is 0 Å². The van der Waals surface area contributed by atoms with Gasteiger partial charge in [0.1, 0.15) is 0 Å². The van der Waals surface area contributed by atoms with Crippen LogP contribution in [-0.4, -0.2) is 50.7 Å². The third-order valence-electron chi connectivity index (χ3n) is 2.74. The van der Waals surface area contributed by atoms with Crippen molar-refractivity contribution < 1.29 is 9.53 Å². The van der Waals surface area contributed by atoms with Gasteiger partial charge in [0, 0.05) is 27.6 Å². The zero-order valence-corrected chi connectivity index (χ0v) is 9.30. The highest BCUT2D eigenvalue weighted by atomic mass is 16.5. The summed E-state index contributed by atoms with van der Waals surface area (Å²) >= 11 is 0. The van der Waals surface area contributed by atoms with E-state index in [0.717, 1.165) is 19.4 Å². The van der Waals surface area contributed by atoms with E-state index in [0.29, 0.717) is 13.0 Å². The van der Waals surface area contributed by atoms with Crippen molar-refractivity contribution in [1.29, 1.82) is 0 Å². The van der Waals surface area contributed by atoms with Gasteiger partial charge in [-0.3, -0.25) is 4.79 Å². The van der Waals surface area contributed by atoms with Crippen molar-refractivity contribution in [3.8, 4) is 0 Å². The van der Waals surface area contributed by atoms with Crippen molar-refractivity contribution in [2.75, 3.05) is 34.4 Å². The molecular formula is C10H20N2O2. The highest BCUT2D eigenvalue weighted by Crippen LogP contribution is 2.23. The molecule has 0 spiro atoms. The highest BCUT2D eigenvalue weighted by molar-refractivity contribution is 5.77. The van der Waals surface area contributed by atoms with Gasteiger partial charge < -0.3 is 15.0 Å². The summed E-state index contributed by atoms with van der Waals surface area (Å²) in [6, 6.07) is 0. The van der Waals surface area contributed by atoms with Gasteiger partial charge in [0.05, 0.1) is 12.1 Å². The van der Waals surface area contributed by atoms with Crippen molar-refractivity contribution in [3.63, 3.8) is 0 Å². The molecule has 0 saturated carbocycles. The maximum absolute atomic E-state index is 11.6. The lowest BCUT2D eigenvalue weighted by Gasteiger charge is -2.29. The number of carbonyl (C=O) groups is 1. The molecule has 0 bridgehead atoms. The Morgan fingerprint density at radius 2 is 2.29 bits per heavy atom. The monoisotopic (exact) mass is 200 g/mol. The van der Waals surface area contributed by atoms with Crippen LogP contribution < -0.4 is 5.32 Å². The Hall–Kier alpha value is -0.610. The van der Waals surface area contributed by atoms with E-state index in [-0.39, 0.29) is 11.4 Å². The summed E-state index contributed by atoms with van der Waals surface area (Å²) in [6.45, 7) is 1.61. The molecular weight excluding hydrogens is 180 g/mol. The molecule has 0 aromatic carbocycles. The maximum Gasteiger partial charge on any atom is 0.223 e. The third-order valence-corrected chi connectivity index (χ3v) is 2.74. The smallest absolute Gasteiger partial charge is 0.223 e. The number of hydrogen-bond donors (Lipinski definition) is 1. The lowest BCUT2D eigenvalue weighted by Crippen LogP contribution is -2.47. The number of nitrogens with zero attached hydrogens (tertiary/aromatic N) is 1. The second-order valence-corrected chi connectivity index (χ2v) is 4.21. The molecule has 0 aromatic heterocycles. The number of carbonyl (C=O) groups excluding carboxylic acids is 1. The standard InChI is InChI=1S/C10H20N2O2/c1-12(2)9(13)7-10(8-14-3)5-4-6-11-10/h11H,4-8H2,1-3H3. The van der Waals surface area contributed by atoms with Gasteiger partial charge in [-0.05, 0) is 19.4 Å². The van der Waals surface area contributed by atoms with Gasteiger partial charge in [-0.1, -0.05) is 0 Å². The van der Waals surface area contributed by atoms with Crippen molar-refractivity contribution in [2.24, 2.45) is 0 Å². The number of hydrogen-bond acceptors (Lipinski definition) is 3. The largest absolute Gasteiger partial charge is 0.383 e. The van der Waals surface area contributed by atoms with Crippen LogP contribution in [0.15, 0.2) is 0 Å². The Morgan fingerprint density at radius 3 is 2.71 bits per heavy atom. The third kappa shape index (κ3) is 2.69. The number of methoxy groups -OCH3 is 1. The lowest BCUT2D eigenvalue weighted by atomic mass is 9.93. The molecule has 0 radical (unpaired) electrons. The van der Waals surface area contributed by atoms with Gasteiger partial charge in [-0.25, -0.2) is 0 Å². The van der Waals surface area contributed by atoms with Crippen LogP contribution in [0.1, 0.15) is 19.3 Å². The van der Waals surface area contributed by atoms with Crippen molar-refractivity contribution in [1.82, 2.24) is 10.2 Å². The average Bonchev–Trinajstić information content (AvgIpc) is 2.54. The molecule has 1 atom stereocenters. The van der Waals surface area contributed by atoms with Gasteiger partial charge in [-0.15, -0.1) is 0 Å². The lowest BCUT2D eigenvalue weighted by molar-refractivity contribution is -0.130. The highest BCUT2D eigenvalue weighted by Gasteiger charge is 2.35. The van der Waals surface area contributed by atoms with Crippen LogP contribution in [0.4, 0.5) is 0 Å². The van der Waals surface area contributed by atoms with Crippen LogP contribution in [-0.2, 0) is 9.53 Å². The average molecular weight is 200 g/mol. The molecule has 1 N–H and O–H groups in total. The van der Waals surface area contributed by atoms with E-state index < -0.39 is 0 Å². The summed E-state index contributed by atoms with van der Waals surface area (Å²) in [7, 11) is 5.26. The van der Waals surface area contributed by atoms with E-state index in [1.54, 1.807) is 26.1 Å². The first-order valence-corrected chi connectivity index (χ1v) is 5.04. The van der Waals surface area contributed by atoms with Crippen LogP contribution in [0.5, 0.6) is 0 Å². The van der Waals surface area contributed by atoms with Gasteiger partial charge in [0.2, 0.25) is 5.91 Å². The summed E-state index contributed by atoms with van der Waals surface area (Å²) < 4.78 is 5.18. The molecule has 1 aliphatic rings. The Morgan fingerprint density at radius 1 is 1.57 bits per heavy atom. The topological polar surface area (TPSA) is 41.6 Å². The quantitative estimate of drug-likeness (QED) is 0.706. The normalized spacial score (nSPS) is 26.5. The number of amides is 1. The van der Waals surface area contributed by atoms with Gasteiger partial charge >= 0.3 is 0 Å². The number of nitrogens with one attached hydrogen (secondary N) is 1. The van der Waals surface area contributed by atoms with Gasteiger partial charge in [0.25, 0.3) is 0 Å². The van der Waals surface area contributed by atoms with Crippen LogP contribution >= 0.6 is 0 Å². The zero-order valence-electron chi connectivity index (χ0n) is 9.30. The van der Waals surface area contributed by atoms with E-state index in [2.05, 4.69) is 5.32 Å². The minimum atomic E-state index is -0.115. The summed E-state index contributed by atoms with van der Waals surface area (Å²) in [5.41, 5.74) is -0.115. The molecule has 4 heteroatoms. The minimum Gasteiger partial charge on any atom is -0.383 e. The molecule has 1 fully saturated rings. The van der Waals surface area contributed by atoms with Crippen molar-refractivity contribution in [2.45, 2.75) is 24.8 Å². The van der Waals surface area contributed by atoms with Crippen LogP contribution in [0.2, 0.25) is 0 Å². The fraction of sp³-hybridized carbons (Fsp3) is 0.900. The van der Waals surface area contributed by atoms with Crippen LogP contribution in [0.3, 0.4) is 0 Å². The molecule has 14 heavy (non-hydrogen) atoms.